The maximum atomic E-state index is 9.09. The van der Waals surface area contributed by atoms with Crippen LogP contribution in [0.5, 0.6) is 17.4 Å². The molecular weight excluding hydrogens is 385 g/mol. The molecule has 0 saturated carbocycles. The van der Waals surface area contributed by atoms with Crippen LogP contribution in [0, 0.1) is 11.3 Å². The van der Waals surface area contributed by atoms with Crippen molar-refractivity contribution in [3.8, 4) is 23.4 Å². The molecule has 1 aromatic carbocycles. The van der Waals surface area contributed by atoms with Crippen molar-refractivity contribution in [2.24, 2.45) is 0 Å². The normalized spacial score (nSPS) is 10.3. The van der Waals surface area contributed by atoms with Gasteiger partial charge < -0.3 is 9.47 Å². The van der Waals surface area contributed by atoms with Crippen molar-refractivity contribution in [2.45, 2.75) is 12.8 Å². The van der Waals surface area contributed by atoms with Gasteiger partial charge in [0.05, 0.1) is 18.7 Å². The van der Waals surface area contributed by atoms with Crippen molar-refractivity contribution >= 4 is 23.2 Å². The van der Waals surface area contributed by atoms with E-state index in [1.807, 2.05) is 18.2 Å². The number of hydrogen-bond donors (Lipinski definition) is 0. The molecular formula is C20H15Cl2N3O2. The van der Waals surface area contributed by atoms with Gasteiger partial charge in [-0.2, -0.15) is 5.26 Å². The first-order chi connectivity index (χ1) is 13.1. The third kappa shape index (κ3) is 4.88. The highest BCUT2D eigenvalue weighted by Gasteiger charge is 2.14. The van der Waals surface area contributed by atoms with E-state index in [1.165, 1.54) is 7.11 Å². The topological polar surface area (TPSA) is 68.0 Å². The quantitative estimate of drug-likeness (QED) is 0.566. The zero-order valence-corrected chi connectivity index (χ0v) is 16.0. The van der Waals surface area contributed by atoms with Gasteiger partial charge in [0.25, 0.3) is 0 Å². The largest absolute Gasteiger partial charge is 0.480 e. The van der Waals surface area contributed by atoms with Crippen molar-refractivity contribution in [3.05, 3.63) is 75.7 Å². The molecule has 0 atom stereocenters. The molecule has 7 heteroatoms. The standard InChI is InChI=1S/C20H15Cl2N3O2/c1-26-20-19(22)18(27-17-9-14(12-23)8-15(21)10-17)11-16(25-20)3-2-13-4-6-24-7-5-13/h4-11H,2-3H2,1H3. The van der Waals surface area contributed by atoms with Crippen molar-refractivity contribution in [3.63, 3.8) is 0 Å². The van der Waals surface area contributed by atoms with Crippen LogP contribution in [0.25, 0.3) is 0 Å². The lowest BCUT2D eigenvalue weighted by Gasteiger charge is -2.13. The second-order valence-electron chi connectivity index (χ2n) is 5.68. The van der Waals surface area contributed by atoms with E-state index in [4.69, 9.17) is 37.9 Å². The van der Waals surface area contributed by atoms with Gasteiger partial charge in [-0.1, -0.05) is 23.2 Å². The summed E-state index contributed by atoms with van der Waals surface area (Å²) >= 11 is 12.4. The molecule has 0 amide bonds. The number of ether oxygens (including phenoxy) is 2. The molecule has 3 rings (SSSR count). The summed E-state index contributed by atoms with van der Waals surface area (Å²) in [5, 5.41) is 9.74. The summed E-state index contributed by atoms with van der Waals surface area (Å²) in [5.74, 6) is 1.08. The van der Waals surface area contributed by atoms with Crippen LogP contribution in [0.3, 0.4) is 0 Å². The van der Waals surface area contributed by atoms with Gasteiger partial charge in [-0.15, -0.1) is 0 Å². The summed E-state index contributed by atoms with van der Waals surface area (Å²) in [6.45, 7) is 0. The Morgan fingerprint density at radius 3 is 2.56 bits per heavy atom. The summed E-state index contributed by atoms with van der Waals surface area (Å²) in [6, 6.07) is 12.5. The molecule has 0 N–H and O–H groups in total. The van der Waals surface area contributed by atoms with Crippen LogP contribution in [0.4, 0.5) is 0 Å². The predicted molar refractivity (Wildman–Crippen MR) is 104 cm³/mol. The van der Waals surface area contributed by atoms with Crippen molar-refractivity contribution < 1.29 is 9.47 Å². The Morgan fingerprint density at radius 1 is 1.07 bits per heavy atom. The Hall–Kier alpha value is -2.81. The Balaban J connectivity index is 1.88. The molecule has 136 valence electrons. The van der Waals surface area contributed by atoms with Gasteiger partial charge in [0.15, 0.2) is 5.75 Å². The van der Waals surface area contributed by atoms with Gasteiger partial charge in [-0.05, 0) is 48.7 Å². The van der Waals surface area contributed by atoms with Gasteiger partial charge >= 0.3 is 0 Å². The first-order valence-corrected chi connectivity index (χ1v) is 8.85. The monoisotopic (exact) mass is 399 g/mol. The number of aryl methyl sites for hydroxylation is 2. The lowest BCUT2D eigenvalue weighted by molar-refractivity contribution is 0.390. The molecule has 0 radical (unpaired) electrons. The van der Waals surface area contributed by atoms with Crippen LogP contribution in [0.2, 0.25) is 10.0 Å². The van der Waals surface area contributed by atoms with Gasteiger partial charge in [0, 0.05) is 29.2 Å². The van der Waals surface area contributed by atoms with Crippen LogP contribution in [-0.4, -0.2) is 17.1 Å². The Bertz CT molecular complexity index is 989. The summed E-state index contributed by atoms with van der Waals surface area (Å²) in [5.41, 5.74) is 2.31. The molecule has 27 heavy (non-hydrogen) atoms. The van der Waals surface area contributed by atoms with Crippen LogP contribution in [0.1, 0.15) is 16.8 Å². The number of nitriles is 1. The van der Waals surface area contributed by atoms with Crippen LogP contribution >= 0.6 is 23.2 Å². The molecule has 2 heterocycles. The Labute approximate surface area is 167 Å². The fourth-order valence-corrected chi connectivity index (χ4v) is 2.94. The number of aromatic nitrogens is 2. The minimum atomic E-state index is 0.253. The second-order valence-corrected chi connectivity index (χ2v) is 6.49. The summed E-state index contributed by atoms with van der Waals surface area (Å²) < 4.78 is 11.1. The van der Waals surface area contributed by atoms with E-state index >= 15 is 0 Å². The smallest absolute Gasteiger partial charge is 0.236 e. The van der Waals surface area contributed by atoms with E-state index in [2.05, 4.69) is 9.97 Å². The van der Waals surface area contributed by atoms with Gasteiger partial charge in [-0.25, -0.2) is 4.98 Å². The second kappa shape index (κ2) is 8.72. The van der Waals surface area contributed by atoms with E-state index in [-0.39, 0.29) is 10.9 Å². The third-order valence-corrected chi connectivity index (χ3v) is 4.35. The van der Waals surface area contributed by atoms with Crippen molar-refractivity contribution in [1.82, 2.24) is 9.97 Å². The highest BCUT2D eigenvalue weighted by atomic mass is 35.5. The molecule has 2 aromatic heterocycles. The summed E-state index contributed by atoms with van der Waals surface area (Å²) in [7, 11) is 1.50. The van der Waals surface area contributed by atoms with Crippen LogP contribution in [0.15, 0.2) is 48.8 Å². The average molecular weight is 400 g/mol. The summed E-state index contributed by atoms with van der Waals surface area (Å²) in [6.07, 6.45) is 4.97. The first kappa shape index (κ1) is 19.0. The molecule has 0 saturated heterocycles. The van der Waals surface area contributed by atoms with Crippen molar-refractivity contribution in [2.75, 3.05) is 7.11 Å². The van der Waals surface area contributed by atoms with E-state index in [1.54, 1.807) is 36.7 Å². The zero-order chi connectivity index (χ0) is 19.2. The fourth-order valence-electron chi connectivity index (χ4n) is 2.50. The number of pyridine rings is 2. The number of benzene rings is 1. The molecule has 0 unspecified atom stereocenters. The van der Waals surface area contributed by atoms with Gasteiger partial charge in [0.2, 0.25) is 5.88 Å². The highest BCUT2D eigenvalue weighted by Crippen LogP contribution is 2.37. The number of nitrogens with zero attached hydrogens (tertiary/aromatic N) is 3. The first-order valence-electron chi connectivity index (χ1n) is 8.10. The molecule has 0 aliphatic carbocycles. The lowest BCUT2D eigenvalue weighted by Crippen LogP contribution is -2.00. The van der Waals surface area contributed by atoms with Gasteiger partial charge in [-0.3, -0.25) is 4.98 Å². The molecule has 3 aromatic rings. The number of methoxy groups -OCH3 is 1. The minimum Gasteiger partial charge on any atom is -0.480 e. The van der Waals surface area contributed by atoms with E-state index < -0.39 is 0 Å². The lowest BCUT2D eigenvalue weighted by atomic mass is 10.1. The van der Waals surface area contributed by atoms with Crippen LogP contribution < -0.4 is 9.47 Å². The number of hydrogen-bond acceptors (Lipinski definition) is 5. The molecule has 0 aliphatic rings. The molecule has 5 nitrogen and oxygen atoms in total. The fraction of sp³-hybridized carbons (Fsp3) is 0.150. The van der Waals surface area contributed by atoms with E-state index in [0.717, 1.165) is 17.7 Å². The van der Waals surface area contributed by atoms with E-state index in [9.17, 15) is 0 Å². The summed E-state index contributed by atoms with van der Waals surface area (Å²) in [4.78, 5) is 8.45. The Morgan fingerprint density at radius 2 is 1.85 bits per heavy atom. The Kier molecular flexibility index (Phi) is 6.12. The SMILES string of the molecule is COc1nc(CCc2ccncc2)cc(Oc2cc(Cl)cc(C#N)c2)c1Cl. The third-order valence-electron chi connectivity index (χ3n) is 3.79. The molecule has 0 fully saturated rings. The minimum absolute atomic E-state index is 0.253. The van der Waals surface area contributed by atoms with E-state index in [0.29, 0.717) is 28.5 Å². The number of halogens is 2. The molecule has 0 spiro atoms. The van der Waals surface area contributed by atoms with Gasteiger partial charge in [0.1, 0.15) is 10.8 Å². The van der Waals surface area contributed by atoms with Crippen LogP contribution in [-0.2, 0) is 12.8 Å². The average Bonchev–Trinajstić information content (AvgIpc) is 2.68. The zero-order valence-electron chi connectivity index (χ0n) is 14.4. The maximum Gasteiger partial charge on any atom is 0.236 e. The molecule has 0 aliphatic heterocycles. The van der Waals surface area contributed by atoms with Crippen molar-refractivity contribution in [1.29, 1.82) is 5.26 Å². The highest BCUT2D eigenvalue weighted by molar-refractivity contribution is 6.33. The number of rotatable bonds is 6. The predicted octanol–water partition coefficient (Wildman–Crippen LogP) is 5.24. The molecule has 0 bridgehead atoms. The maximum absolute atomic E-state index is 9.09.